The van der Waals surface area contributed by atoms with E-state index in [0.29, 0.717) is 0 Å². The number of nitrogens with zero attached hydrogens (tertiary/aromatic N) is 2. The smallest absolute Gasteiger partial charge is 0.254 e. The minimum Gasteiger partial charge on any atom is -0.332 e. The second-order valence-corrected chi connectivity index (χ2v) is 6.92. The van der Waals surface area contributed by atoms with Gasteiger partial charge in [-0.15, -0.1) is 0 Å². The highest BCUT2D eigenvalue weighted by molar-refractivity contribution is 6.30. The number of amides is 1. The molecule has 1 saturated heterocycles. The van der Waals surface area contributed by atoms with Gasteiger partial charge in [0.15, 0.2) is 0 Å². The Hall–Kier alpha value is -2.13. The molecule has 0 bridgehead atoms. The highest BCUT2D eigenvalue weighted by atomic mass is 35.5. The molecule has 4 rings (SSSR count). The van der Waals surface area contributed by atoms with Crippen LogP contribution >= 0.6 is 11.6 Å². The lowest BCUT2D eigenvalue weighted by Gasteiger charge is -2.25. The summed E-state index contributed by atoms with van der Waals surface area (Å²) in [6.07, 6.45) is 2.03. The molecule has 0 N–H and O–H groups in total. The van der Waals surface area contributed by atoms with Gasteiger partial charge in [0.25, 0.3) is 5.91 Å². The van der Waals surface area contributed by atoms with Crippen LogP contribution in [-0.2, 0) is 6.54 Å². The second kappa shape index (κ2) is 6.06. The van der Waals surface area contributed by atoms with Crippen LogP contribution in [0.3, 0.4) is 0 Å². The van der Waals surface area contributed by atoms with Gasteiger partial charge < -0.3 is 4.90 Å². The number of rotatable bonds is 2. The summed E-state index contributed by atoms with van der Waals surface area (Å²) in [4.78, 5) is 19.5. The van der Waals surface area contributed by atoms with Crippen LogP contribution in [-0.4, -0.2) is 23.1 Å². The molecule has 0 radical (unpaired) electrons. The van der Waals surface area contributed by atoms with E-state index in [1.54, 1.807) is 0 Å². The van der Waals surface area contributed by atoms with Crippen LogP contribution in [0.1, 0.15) is 52.9 Å². The Balaban J connectivity index is 1.63. The van der Waals surface area contributed by atoms with E-state index >= 15 is 0 Å². The number of carbonyl (C=O) groups is 1. The molecule has 0 spiro atoms. The van der Waals surface area contributed by atoms with E-state index in [1.807, 2.05) is 54.3 Å². The number of halogens is 1. The van der Waals surface area contributed by atoms with Gasteiger partial charge >= 0.3 is 0 Å². The third-order valence-corrected chi connectivity index (χ3v) is 5.25. The summed E-state index contributed by atoms with van der Waals surface area (Å²) < 4.78 is 0. The Labute approximate surface area is 147 Å². The molecule has 24 heavy (non-hydrogen) atoms. The molecule has 1 amide bonds. The molecule has 122 valence electrons. The first-order chi connectivity index (χ1) is 11.6. The van der Waals surface area contributed by atoms with Crippen LogP contribution in [0, 0.1) is 0 Å². The highest BCUT2D eigenvalue weighted by Gasteiger charge is 2.31. The molecule has 0 saturated carbocycles. The van der Waals surface area contributed by atoms with Crippen molar-refractivity contribution in [3.8, 4) is 0 Å². The van der Waals surface area contributed by atoms with Crippen molar-refractivity contribution in [3.05, 3.63) is 69.7 Å². The van der Waals surface area contributed by atoms with Gasteiger partial charge in [0.05, 0.1) is 12.6 Å². The lowest BCUT2D eigenvalue weighted by Crippen LogP contribution is -2.30. The summed E-state index contributed by atoms with van der Waals surface area (Å²) >= 11 is 5.99. The van der Waals surface area contributed by atoms with Gasteiger partial charge in [-0.25, -0.2) is 0 Å². The largest absolute Gasteiger partial charge is 0.332 e. The molecule has 4 heteroatoms. The number of fused-ring (bicyclic) bond motifs is 1. The van der Waals surface area contributed by atoms with E-state index in [9.17, 15) is 4.79 Å². The maximum absolute atomic E-state index is 13.1. The molecular weight excluding hydrogens is 320 g/mol. The zero-order valence-corrected chi connectivity index (χ0v) is 14.4. The minimum atomic E-state index is 0.106. The topological polar surface area (TPSA) is 32.7 Å². The molecule has 2 aliphatic heterocycles. The van der Waals surface area contributed by atoms with Gasteiger partial charge in [-0.05, 0) is 55.2 Å². The standard InChI is InChI=1S/C20H19ClN2O/c1-13-18-11-15(4-5-16(18)12-22-13)20(24)23-10-2-3-19(23)14-6-8-17(21)9-7-14/h4-9,11,19H,2-3,10,12H2,1H3/t19-/m0/s1. The number of likely N-dealkylation sites (tertiary alicyclic amines) is 1. The Morgan fingerprint density at radius 1 is 1.21 bits per heavy atom. The highest BCUT2D eigenvalue weighted by Crippen LogP contribution is 2.34. The van der Waals surface area contributed by atoms with Crippen molar-refractivity contribution in [3.63, 3.8) is 0 Å². The van der Waals surface area contributed by atoms with E-state index in [4.69, 9.17) is 11.6 Å². The van der Waals surface area contributed by atoms with E-state index < -0.39 is 0 Å². The number of hydrogen-bond donors (Lipinski definition) is 0. The normalized spacial score (nSPS) is 19.3. The maximum atomic E-state index is 13.1. The SMILES string of the molecule is CC1=NCc2ccc(C(=O)N3CCC[C@H]3c3ccc(Cl)cc3)cc21. The Kier molecular flexibility index (Phi) is 3.89. The van der Waals surface area contributed by atoms with Gasteiger partial charge in [0, 0.05) is 28.4 Å². The molecule has 0 aromatic heterocycles. The van der Waals surface area contributed by atoms with Crippen molar-refractivity contribution in [1.29, 1.82) is 0 Å². The molecule has 2 aromatic rings. The van der Waals surface area contributed by atoms with E-state index in [-0.39, 0.29) is 11.9 Å². The fourth-order valence-electron chi connectivity index (χ4n) is 3.68. The Morgan fingerprint density at radius 3 is 2.79 bits per heavy atom. The number of hydrogen-bond acceptors (Lipinski definition) is 2. The molecule has 2 aliphatic rings. The summed E-state index contributed by atoms with van der Waals surface area (Å²) in [5, 5.41) is 0.725. The maximum Gasteiger partial charge on any atom is 0.254 e. The minimum absolute atomic E-state index is 0.106. The first-order valence-electron chi connectivity index (χ1n) is 8.34. The fraction of sp³-hybridized carbons (Fsp3) is 0.300. The predicted molar refractivity (Wildman–Crippen MR) is 96.8 cm³/mol. The van der Waals surface area contributed by atoms with Crippen molar-refractivity contribution >= 4 is 23.2 Å². The van der Waals surface area contributed by atoms with Gasteiger partial charge in [0.2, 0.25) is 0 Å². The van der Waals surface area contributed by atoms with Crippen LogP contribution < -0.4 is 0 Å². The molecule has 2 heterocycles. The monoisotopic (exact) mass is 338 g/mol. The quantitative estimate of drug-likeness (QED) is 0.785. The Bertz CT molecular complexity index is 826. The lowest BCUT2D eigenvalue weighted by molar-refractivity contribution is 0.0735. The number of carbonyl (C=O) groups excluding carboxylic acids is 1. The third kappa shape index (κ3) is 2.63. The van der Waals surface area contributed by atoms with Crippen LogP contribution in [0.5, 0.6) is 0 Å². The van der Waals surface area contributed by atoms with Crippen LogP contribution in [0.15, 0.2) is 47.5 Å². The molecule has 1 fully saturated rings. The van der Waals surface area contributed by atoms with Crippen LogP contribution in [0.2, 0.25) is 5.02 Å². The number of aliphatic imine (C=N–C) groups is 1. The summed E-state index contributed by atoms with van der Waals surface area (Å²) in [7, 11) is 0. The first-order valence-corrected chi connectivity index (χ1v) is 8.72. The van der Waals surface area contributed by atoms with Crippen molar-refractivity contribution < 1.29 is 4.79 Å². The molecule has 3 nitrogen and oxygen atoms in total. The molecule has 0 unspecified atom stereocenters. The van der Waals surface area contributed by atoms with Gasteiger partial charge in [-0.2, -0.15) is 0 Å². The zero-order valence-electron chi connectivity index (χ0n) is 13.6. The molecule has 1 atom stereocenters. The predicted octanol–water partition coefficient (Wildman–Crippen LogP) is 4.64. The molecule has 2 aromatic carbocycles. The van der Waals surface area contributed by atoms with Crippen LogP contribution in [0.4, 0.5) is 0 Å². The van der Waals surface area contributed by atoms with Crippen molar-refractivity contribution in [2.24, 2.45) is 4.99 Å². The number of benzene rings is 2. The molecule has 0 aliphatic carbocycles. The summed E-state index contributed by atoms with van der Waals surface area (Å²) in [6.45, 7) is 3.54. The summed E-state index contributed by atoms with van der Waals surface area (Å²) in [5.74, 6) is 0.106. The Morgan fingerprint density at radius 2 is 2.00 bits per heavy atom. The lowest BCUT2D eigenvalue weighted by atomic mass is 10.0. The van der Waals surface area contributed by atoms with Crippen molar-refractivity contribution in [2.75, 3.05) is 6.54 Å². The van der Waals surface area contributed by atoms with Gasteiger partial charge in [-0.1, -0.05) is 29.8 Å². The van der Waals surface area contributed by atoms with Gasteiger partial charge in [-0.3, -0.25) is 9.79 Å². The molecular formula is C20H19ClN2O. The van der Waals surface area contributed by atoms with Crippen molar-refractivity contribution in [2.45, 2.75) is 32.4 Å². The van der Waals surface area contributed by atoms with E-state index in [0.717, 1.165) is 53.4 Å². The third-order valence-electron chi connectivity index (χ3n) is 5.00. The summed E-state index contributed by atoms with van der Waals surface area (Å²) in [5.41, 5.74) is 5.26. The fourth-order valence-corrected chi connectivity index (χ4v) is 3.81. The van der Waals surface area contributed by atoms with E-state index in [1.165, 1.54) is 5.56 Å². The van der Waals surface area contributed by atoms with Gasteiger partial charge in [0.1, 0.15) is 0 Å². The first kappa shape index (κ1) is 15.4. The average Bonchev–Trinajstić information content (AvgIpc) is 3.22. The van der Waals surface area contributed by atoms with E-state index in [2.05, 4.69) is 4.99 Å². The zero-order chi connectivity index (χ0) is 16.7. The average molecular weight is 339 g/mol. The van der Waals surface area contributed by atoms with Crippen LogP contribution in [0.25, 0.3) is 0 Å². The second-order valence-electron chi connectivity index (χ2n) is 6.48. The summed E-state index contributed by atoms with van der Waals surface area (Å²) in [6, 6.07) is 14.0. The van der Waals surface area contributed by atoms with Crippen molar-refractivity contribution in [1.82, 2.24) is 4.90 Å².